The molecule has 0 unspecified atom stereocenters. The number of benzene rings is 1. The maximum atomic E-state index is 11.8. The molecule has 0 radical (unpaired) electrons. The number of hydrogen-bond donors (Lipinski definition) is 0. The van der Waals surface area contributed by atoms with Gasteiger partial charge in [0.2, 0.25) is 0 Å². The van der Waals surface area contributed by atoms with Crippen molar-refractivity contribution in [3.05, 3.63) is 62.3 Å². The molecule has 19 heavy (non-hydrogen) atoms. The fourth-order valence-electron chi connectivity index (χ4n) is 1.41. The minimum Gasteiger partial charge on any atom is -0.544 e. The summed E-state index contributed by atoms with van der Waals surface area (Å²) in [5.41, 5.74) is 0.897. The molecule has 3 nitrogen and oxygen atoms in total. The van der Waals surface area contributed by atoms with Crippen LogP contribution in [-0.4, -0.2) is 11.8 Å². The van der Waals surface area contributed by atoms with E-state index >= 15 is 0 Å². The maximum absolute atomic E-state index is 11.8. The summed E-state index contributed by atoms with van der Waals surface area (Å²) in [7, 11) is 0. The van der Waals surface area contributed by atoms with Crippen LogP contribution in [0.5, 0.6) is 0 Å². The topological polar surface area (TPSA) is 57.2 Å². The number of carbonyl (C=O) groups is 2. The van der Waals surface area contributed by atoms with Crippen molar-refractivity contribution in [1.82, 2.24) is 0 Å². The fraction of sp³-hybridized carbons (Fsp3) is 0. The van der Waals surface area contributed by atoms with E-state index in [1.807, 2.05) is 24.3 Å². The molecule has 0 bridgehead atoms. The van der Waals surface area contributed by atoms with Crippen molar-refractivity contribution in [3.8, 4) is 0 Å². The Hall–Kier alpha value is -1.72. The highest BCUT2D eigenvalue weighted by Gasteiger charge is 2.06. The van der Waals surface area contributed by atoms with Crippen LogP contribution in [0.25, 0.3) is 6.08 Å². The minimum absolute atomic E-state index is 0.0559. The Morgan fingerprint density at radius 2 is 1.68 bits per heavy atom. The Labute approximate surface area is 122 Å². The van der Waals surface area contributed by atoms with E-state index in [0.29, 0.717) is 4.88 Å². The molecule has 0 amide bonds. The van der Waals surface area contributed by atoms with E-state index < -0.39 is 5.97 Å². The number of allylic oxidation sites excluding steroid dienone is 1. The largest absolute Gasteiger partial charge is 0.544 e. The molecule has 96 valence electrons. The third-order valence-corrected chi connectivity index (χ3v) is 3.96. The van der Waals surface area contributed by atoms with Crippen LogP contribution in [0, 0.1) is 0 Å². The molecular weight excluding hydrogens is 328 g/mol. The fourth-order valence-corrected chi connectivity index (χ4v) is 2.43. The highest BCUT2D eigenvalue weighted by molar-refractivity contribution is 9.10. The third kappa shape index (κ3) is 3.62. The van der Waals surface area contributed by atoms with E-state index in [1.54, 1.807) is 6.08 Å². The highest BCUT2D eigenvalue weighted by atomic mass is 79.9. The lowest BCUT2D eigenvalue weighted by Gasteiger charge is -1.94. The number of halogens is 1. The molecule has 2 aromatic rings. The number of hydrogen-bond acceptors (Lipinski definition) is 4. The van der Waals surface area contributed by atoms with Crippen molar-refractivity contribution in [2.24, 2.45) is 0 Å². The first-order valence-corrected chi connectivity index (χ1v) is 6.96. The van der Waals surface area contributed by atoms with E-state index in [9.17, 15) is 14.7 Å². The van der Waals surface area contributed by atoms with Crippen LogP contribution >= 0.6 is 27.3 Å². The van der Waals surface area contributed by atoms with Crippen molar-refractivity contribution in [1.29, 1.82) is 0 Å². The van der Waals surface area contributed by atoms with Gasteiger partial charge in [-0.25, -0.2) is 0 Å². The predicted octanol–water partition coefficient (Wildman–Crippen LogP) is 2.77. The molecule has 0 N–H and O–H groups in total. The van der Waals surface area contributed by atoms with Crippen LogP contribution in [0.3, 0.4) is 0 Å². The normalized spacial score (nSPS) is 10.8. The van der Waals surface area contributed by atoms with Gasteiger partial charge in [0.05, 0.1) is 15.7 Å². The molecule has 0 saturated heterocycles. The molecule has 0 saturated carbocycles. The maximum Gasteiger partial charge on any atom is 0.195 e. The average Bonchev–Trinajstić information content (AvgIpc) is 2.87. The summed E-state index contributed by atoms with van der Waals surface area (Å²) in [6.45, 7) is 0. The molecule has 0 fully saturated rings. The van der Waals surface area contributed by atoms with Crippen molar-refractivity contribution < 1.29 is 14.7 Å². The summed E-state index contributed by atoms with van der Waals surface area (Å²) in [5.74, 6) is -1.48. The zero-order chi connectivity index (χ0) is 13.8. The Bertz CT molecular complexity index is 641. The summed E-state index contributed by atoms with van der Waals surface area (Å²) in [5, 5.41) is 10.6. The smallest absolute Gasteiger partial charge is 0.195 e. The van der Waals surface area contributed by atoms with Gasteiger partial charge in [0.25, 0.3) is 0 Å². The summed E-state index contributed by atoms with van der Waals surface area (Å²) in [4.78, 5) is 22.9. The first-order chi connectivity index (χ1) is 9.06. The van der Waals surface area contributed by atoms with Gasteiger partial charge in [-0.3, -0.25) is 4.79 Å². The van der Waals surface area contributed by atoms with E-state index in [1.165, 1.54) is 18.2 Å². The first kappa shape index (κ1) is 13.7. The lowest BCUT2D eigenvalue weighted by molar-refractivity contribution is -0.254. The number of carboxylic acid groups (broad SMARTS) is 1. The van der Waals surface area contributed by atoms with Gasteiger partial charge in [-0.15, -0.1) is 11.3 Å². The molecule has 2 rings (SSSR count). The van der Waals surface area contributed by atoms with Gasteiger partial charge in [-0.2, -0.15) is 0 Å². The summed E-state index contributed by atoms with van der Waals surface area (Å²) in [6, 6.07) is 10.4. The van der Waals surface area contributed by atoms with E-state index in [-0.39, 0.29) is 10.7 Å². The SMILES string of the molecule is O=C([O-])c1ccc(C(=O)/C=C/c2ccc(Br)cc2)s1. The first-order valence-electron chi connectivity index (χ1n) is 5.35. The van der Waals surface area contributed by atoms with E-state index in [2.05, 4.69) is 15.9 Å². The molecule has 1 aromatic carbocycles. The second-order valence-electron chi connectivity index (χ2n) is 3.70. The molecule has 0 aliphatic rings. The van der Waals surface area contributed by atoms with E-state index in [0.717, 1.165) is 21.4 Å². The van der Waals surface area contributed by atoms with Gasteiger partial charge in [0.15, 0.2) is 5.78 Å². The number of thiophene rings is 1. The zero-order valence-corrected chi connectivity index (χ0v) is 12.0. The molecule has 1 heterocycles. The van der Waals surface area contributed by atoms with Crippen LogP contribution in [0.15, 0.2) is 46.9 Å². The Kier molecular flexibility index (Phi) is 4.29. The molecular formula is C14H8BrO3S-. The third-order valence-electron chi connectivity index (χ3n) is 2.35. The molecule has 0 spiro atoms. The number of rotatable bonds is 4. The Morgan fingerprint density at radius 3 is 2.26 bits per heavy atom. The lowest BCUT2D eigenvalue weighted by Crippen LogP contribution is -2.20. The second kappa shape index (κ2) is 5.95. The predicted molar refractivity (Wildman–Crippen MR) is 76.2 cm³/mol. The highest BCUT2D eigenvalue weighted by Crippen LogP contribution is 2.17. The zero-order valence-electron chi connectivity index (χ0n) is 9.63. The van der Waals surface area contributed by atoms with Gasteiger partial charge < -0.3 is 9.90 Å². The van der Waals surface area contributed by atoms with Gasteiger partial charge in [-0.1, -0.05) is 34.1 Å². The molecule has 0 aliphatic carbocycles. The monoisotopic (exact) mass is 335 g/mol. The summed E-state index contributed by atoms with van der Waals surface area (Å²) < 4.78 is 0.966. The number of aromatic carboxylic acids is 1. The summed E-state index contributed by atoms with van der Waals surface area (Å²) >= 11 is 4.24. The lowest BCUT2D eigenvalue weighted by atomic mass is 10.2. The molecule has 0 aliphatic heterocycles. The second-order valence-corrected chi connectivity index (χ2v) is 5.70. The van der Waals surface area contributed by atoms with Crippen LogP contribution in [0.1, 0.15) is 24.9 Å². The van der Waals surface area contributed by atoms with Gasteiger partial charge in [0.1, 0.15) is 0 Å². The standard InChI is InChI=1S/C14H9BrO3S/c15-10-4-1-9(2-5-10)3-6-11(16)12-7-8-13(19-12)14(17)18/h1-8H,(H,17,18)/p-1/b6-3+. The van der Waals surface area contributed by atoms with Crippen LogP contribution in [-0.2, 0) is 0 Å². The number of carboxylic acids is 1. The van der Waals surface area contributed by atoms with Crippen LogP contribution in [0.2, 0.25) is 0 Å². The van der Waals surface area contributed by atoms with Crippen LogP contribution < -0.4 is 5.11 Å². The average molecular weight is 336 g/mol. The minimum atomic E-state index is -1.26. The van der Waals surface area contributed by atoms with Crippen LogP contribution in [0.4, 0.5) is 0 Å². The number of carbonyl (C=O) groups excluding carboxylic acids is 2. The molecule has 5 heteroatoms. The van der Waals surface area contributed by atoms with Gasteiger partial charge >= 0.3 is 0 Å². The Morgan fingerprint density at radius 1 is 1.05 bits per heavy atom. The van der Waals surface area contributed by atoms with Crippen molar-refractivity contribution in [2.75, 3.05) is 0 Å². The van der Waals surface area contributed by atoms with Gasteiger partial charge in [-0.05, 0) is 35.9 Å². The quantitative estimate of drug-likeness (QED) is 0.637. The van der Waals surface area contributed by atoms with Crippen molar-refractivity contribution in [2.45, 2.75) is 0 Å². The molecule has 0 atom stereocenters. The Balaban J connectivity index is 2.11. The number of ketones is 1. The van der Waals surface area contributed by atoms with Crippen molar-refractivity contribution >= 4 is 45.1 Å². The molecule has 1 aromatic heterocycles. The van der Waals surface area contributed by atoms with Gasteiger partial charge in [0, 0.05) is 4.47 Å². The van der Waals surface area contributed by atoms with E-state index in [4.69, 9.17) is 0 Å². The summed E-state index contributed by atoms with van der Waals surface area (Å²) in [6.07, 6.45) is 3.11. The van der Waals surface area contributed by atoms with Crippen molar-refractivity contribution in [3.63, 3.8) is 0 Å².